The molecule has 0 saturated carbocycles. The lowest BCUT2D eigenvalue weighted by Crippen LogP contribution is -2.41. The molecular weight excluding hydrogens is 385 g/mol. The van der Waals surface area contributed by atoms with Gasteiger partial charge in [0.25, 0.3) is 0 Å². The number of carbonyl (C=O) groups is 2. The van der Waals surface area contributed by atoms with Crippen LogP contribution in [0, 0.1) is 6.92 Å². The molecule has 0 unspecified atom stereocenters. The van der Waals surface area contributed by atoms with Crippen LogP contribution < -0.4 is 10.8 Å². The molecule has 0 amide bonds. The van der Waals surface area contributed by atoms with E-state index < -0.39 is 29.9 Å². The summed E-state index contributed by atoms with van der Waals surface area (Å²) in [5.74, 6) is -1.25. The minimum atomic E-state index is -0.911. The standard InChI is InChI=1S/C22H34BNO6/c1-14-16(12-24-13-19(27)28-20(2,3)4)9-15(11-18(25)26)10-17(14)23-29-21(5,6)22(7,8)30-23/h9-10,24H,11-13H2,1-8H3,(H,25,26). The summed E-state index contributed by atoms with van der Waals surface area (Å²) in [5.41, 5.74) is 1.76. The minimum absolute atomic E-state index is 0.0612. The van der Waals surface area contributed by atoms with Crippen LogP contribution >= 0.6 is 0 Å². The average molecular weight is 419 g/mol. The van der Waals surface area contributed by atoms with Gasteiger partial charge in [-0.15, -0.1) is 0 Å². The molecule has 8 heteroatoms. The van der Waals surface area contributed by atoms with Crippen LogP contribution in [0.1, 0.15) is 65.2 Å². The Balaban J connectivity index is 2.25. The van der Waals surface area contributed by atoms with E-state index in [0.29, 0.717) is 12.1 Å². The van der Waals surface area contributed by atoms with Gasteiger partial charge in [0.15, 0.2) is 0 Å². The molecule has 2 N–H and O–H groups in total. The molecule has 0 radical (unpaired) electrons. The fraction of sp³-hybridized carbons (Fsp3) is 0.636. The second-order valence-corrected chi connectivity index (χ2v) is 9.82. The van der Waals surface area contributed by atoms with Gasteiger partial charge in [-0.3, -0.25) is 9.59 Å². The monoisotopic (exact) mass is 419 g/mol. The van der Waals surface area contributed by atoms with Crippen LogP contribution in [0.5, 0.6) is 0 Å². The maximum atomic E-state index is 12.0. The zero-order valence-corrected chi connectivity index (χ0v) is 19.3. The fourth-order valence-electron chi connectivity index (χ4n) is 3.22. The third kappa shape index (κ3) is 6.06. The van der Waals surface area contributed by atoms with E-state index in [-0.39, 0.29) is 18.9 Å². The zero-order chi connectivity index (χ0) is 22.9. The van der Waals surface area contributed by atoms with E-state index in [1.165, 1.54) is 0 Å². The quantitative estimate of drug-likeness (QED) is 0.518. The van der Waals surface area contributed by atoms with Crippen molar-refractivity contribution in [3.8, 4) is 0 Å². The summed E-state index contributed by atoms with van der Waals surface area (Å²) in [4.78, 5) is 23.3. The van der Waals surface area contributed by atoms with Crippen LogP contribution in [-0.4, -0.2) is 47.5 Å². The van der Waals surface area contributed by atoms with E-state index in [2.05, 4.69) is 5.32 Å². The van der Waals surface area contributed by atoms with Gasteiger partial charge >= 0.3 is 19.1 Å². The fourth-order valence-corrected chi connectivity index (χ4v) is 3.22. The summed E-state index contributed by atoms with van der Waals surface area (Å²) in [6, 6.07) is 3.68. The molecule has 1 heterocycles. The highest BCUT2D eigenvalue weighted by molar-refractivity contribution is 6.62. The average Bonchev–Trinajstić information content (AvgIpc) is 2.75. The summed E-state index contributed by atoms with van der Waals surface area (Å²) in [5, 5.41) is 12.4. The van der Waals surface area contributed by atoms with Gasteiger partial charge in [0, 0.05) is 6.54 Å². The molecule has 1 fully saturated rings. The Morgan fingerprint density at radius 1 is 1.13 bits per heavy atom. The van der Waals surface area contributed by atoms with Crippen molar-refractivity contribution < 1.29 is 28.7 Å². The highest BCUT2D eigenvalue weighted by Gasteiger charge is 2.52. The first-order valence-electron chi connectivity index (χ1n) is 10.2. The van der Waals surface area contributed by atoms with Gasteiger partial charge in [0.2, 0.25) is 0 Å². The molecule has 2 rings (SSSR count). The number of carboxylic acid groups (broad SMARTS) is 1. The number of carboxylic acids is 1. The molecule has 1 aliphatic heterocycles. The third-order valence-corrected chi connectivity index (χ3v) is 5.48. The first-order valence-corrected chi connectivity index (χ1v) is 10.2. The number of hydrogen-bond acceptors (Lipinski definition) is 6. The molecule has 0 aliphatic carbocycles. The molecule has 0 aromatic heterocycles. The van der Waals surface area contributed by atoms with E-state index in [4.69, 9.17) is 14.0 Å². The maximum Gasteiger partial charge on any atom is 0.495 e. The van der Waals surface area contributed by atoms with E-state index in [9.17, 15) is 14.7 Å². The SMILES string of the molecule is Cc1c(CNCC(=O)OC(C)(C)C)cc(CC(=O)O)cc1B1OC(C)(C)C(C)(C)O1. The van der Waals surface area contributed by atoms with Gasteiger partial charge in [0.1, 0.15) is 5.60 Å². The summed E-state index contributed by atoms with van der Waals surface area (Å²) in [7, 11) is -0.589. The smallest absolute Gasteiger partial charge is 0.481 e. The molecule has 30 heavy (non-hydrogen) atoms. The van der Waals surface area contributed by atoms with Crippen LogP contribution in [-0.2, 0) is 36.6 Å². The lowest BCUT2D eigenvalue weighted by Gasteiger charge is -2.32. The van der Waals surface area contributed by atoms with Crippen LogP contribution in [0.2, 0.25) is 0 Å². The molecule has 1 saturated heterocycles. The lowest BCUT2D eigenvalue weighted by atomic mass is 9.74. The van der Waals surface area contributed by atoms with Crippen LogP contribution in [0.4, 0.5) is 0 Å². The maximum absolute atomic E-state index is 12.0. The Morgan fingerprint density at radius 3 is 2.20 bits per heavy atom. The van der Waals surface area contributed by atoms with Crippen LogP contribution in [0.15, 0.2) is 12.1 Å². The van der Waals surface area contributed by atoms with Crippen molar-refractivity contribution in [3.05, 3.63) is 28.8 Å². The van der Waals surface area contributed by atoms with Crippen molar-refractivity contribution in [1.82, 2.24) is 5.32 Å². The topological polar surface area (TPSA) is 94.1 Å². The summed E-state index contributed by atoms with van der Waals surface area (Å²) < 4.78 is 17.7. The Labute approximate surface area is 179 Å². The zero-order valence-electron chi connectivity index (χ0n) is 19.3. The van der Waals surface area contributed by atoms with Gasteiger partial charge in [-0.05, 0) is 77.5 Å². The molecular formula is C22H34BNO6. The number of rotatable bonds is 7. The number of carbonyl (C=O) groups excluding carboxylic acids is 1. The van der Waals surface area contributed by atoms with E-state index >= 15 is 0 Å². The largest absolute Gasteiger partial charge is 0.495 e. The molecule has 1 aliphatic rings. The van der Waals surface area contributed by atoms with Gasteiger partial charge in [-0.2, -0.15) is 0 Å². The molecule has 0 spiro atoms. The molecule has 166 valence electrons. The van der Waals surface area contributed by atoms with Crippen molar-refractivity contribution in [3.63, 3.8) is 0 Å². The van der Waals surface area contributed by atoms with Gasteiger partial charge < -0.3 is 24.5 Å². The molecule has 0 bridgehead atoms. The number of ether oxygens (including phenoxy) is 1. The predicted octanol–water partition coefficient (Wildman–Crippen LogP) is 2.35. The Hall–Kier alpha value is -1.90. The number of hydrogen-bond donors (Lipinski definition) is 2. The van der Waals surface area contributed by atoms with Crippen LogP contribution in [0.3, 0.4) is 0 Å². The molecule has 7 nitrogen and oxygen atoms in total. The second kappa shape index (κ2) is 8.69. The van der Waals surface area contributed by atoms with Crippen LogP contribution in [0.25, 0.3) is 0 Å². The highest BCUT2D eigenvalue weighted by atomic mass is 16.7. The van der Waals surface area contributed by atoms with E-state index in [1.807, 2.05) is 67.5 Å². The number of nitrogens with one attached hydrogen (secondary N) is 1. The van der Waals surface area contributed by atoms with Gasteiger partial charge in [0.05, 0.1) is 24.2 Å². The highest BCUT2D eigenvalue weighted by Crippen LogP contribution is 2.37. The van der Waals surface area contributed by atoms with Gasteiger partial charge in [-0.1, -0.05) is 12.1 Å². The number of esters is 1. The van der Waals surface area contributed by atoms with Crippen molar-refractivity contribution >= 4 is 24.5 Å². The first-order chi connectivity index (χ1) is 13.6. The normalized spacial score (nSPS) is 17.8. The summed E-state index contributed by atoms with van der Waals surface area (Å²) >= 11 is 0. The number of aliphatic carboxylic acids is 1. The van der Waals surface area contributed by atoms with Crippen molar-refractivity contribution in [2.75, 3.05) is 6.54 Å². The summed E-state index contributed by atoms with van der Waals surface area (Å²) in [6.45, 7) is 15.8. The van der Waals surface area contributed by atoms with E-state index in [0.717, 1.165) is 16.6 Å². The third-order valence-electron chi connectivity index (χ3n) is 5.48. The molecule has 0 atom stereocenters. The Bertz CT molecular complexity index is 797. The second-order valence-electron chi connectivity index (χ2n) is 9.82. The van der Waals surface area contributed by atoms with Gasteiger partial charge in [-0.25, -0.2) is 0 Å². The molecule has 1 aromatic carbocycles. The Morgan fingerprint density at radius 2 is 1.70 bits per heavy atom. The number of benzene rings is 1. The molecule has 1 aromatic rings. The summed E-state index contributed by atoms with van der Waals surface area (Å²) in [6.07, 6.45) is -0.105. The minimum Gasteiger partial charge on any atom is -0.481 e. The van der Waals surface area contributed by atoms with Crippen molar-refractivity contribution in [2.45, 2.75) is 85.2 Å². The van der Waals surface area contributed by atoms with E-state index in [1.54, 1.807) is 0 Å². The van der Waals surface area contributed by atoms with Crippen molar-refractivity contribution in [2.24, 2.45) is 0 Å². The Kier molecular flexibility index (Phi) is 7.06. The predicted molar refractivity (Wildman–Crippen MR) is 116 cm³/mol. The van der Waals surface area contributed by atoms with Crippen molar-refractivity contribution in [1.29, 1.82) is 0 Å². The first kappa shape index (κ1) is 24.4. The lowest BCUT2D eigenvalue weighted by molar-refractivity contribution is -0.153.